The molecule has 1 aromatic rings. The summed E-state index contributed by atoms with van der Waals surface area (Å²) in [5.41, 5.74) is 2.45. The number of nitrogens with zero attached hydrogens (tertiary/aromatic N) is 3. The van der Waals surface area contributed by atoms with Crippen molar-refractivity contribution in [3.8, 4) is 6.07 Å². The Morgan fingerprint density at radius 3 is 2.96 bits per heavy atom. The second kappa shape index (κ2) is 9.14. The number of hydrogen-bond acceptors (Lipinski definition) is 4. The molecule has 2 rings (SSSR count). The highest BCUT2D eigenvalue weighted by atomic mass is 32.1. The predicted octanol–water partition coefficient (Wildman–Crippen LogP) is 4.51. The molecule has 1 aliphatic heterocycles. The fourth-order valence-corrected chi connectivity index (χ4v) is 3.66. The van der Waals surface area contributed by atoms with Crippen molar-refractivity contribution in [3.63, 3.8) is 0 Å². The highest BCUT2D eigenvalue weighted by Gasteiger charge is 2.31. The van der Waals surface area contributed by atoms with Gasteiger partial charge in [0, 0.05) is 18.1 Å². The molecular weight excluding hydrogens is 330 g/mol. The second-order valence-corrected chi connectivity index (χ2v) is 6.70. The van der Waals surface area contributed by atoms with Crippen LogP contribution in [0.4, 0.5) is 0 Å². The Morgan fingerprint density at radius 1 is 1.60 bits per heavy atom. The Balaban J connectivity index is 2.39. The molecule has 5 heteroatoms. The molecule has 0 aliphatic carbocycles. The molecule has 1 aromatic heterocycles. The van der Waals surface area contributed by atoms with Gasteiger partial charge in [0.05, 0.1) is 6.04 Å². The van der Waals surface area contributed by atoms with Crippen molar-refractivity contribution in [2.75, 3.05) is 6.54 Å². The standard InChI is InChI=1S/C20H23N3OS/c1-4-7-17-15(6-3)9-11-23(18(17)8-5-2)20(24)16(14-21)13-19-22-10-12-25-19/h4,6-7,10,12-13,18H,3,5,8-9,11H2,1-2H3/b7-4-,16-13+. The van der Waals surface area contributed by atoms with Crippen molar-refractivity contribution in [1.29, 1.82) is 5.26 Å². The van der Waals surface area contributed by atoms with Crippen molar-refractivity contribution in [3.05, 3.63) is 58.1 Å². The maximum Gasteiger partial charge on any atom is 0.265 e. The molecule has 1 aliphatic rings. The van der Waals surface area contributed by atoms with Crippen molar-refractivity contribution in [2.24, 2.45) is 0 Å². The Labute approximate surface area is 153 Å². The van der Waals surface area contributed by atoms with Crippen LogP contribution in [0.25, 0.3) is 6.08 Å². The maximum atomic E-state index is 13.0. The molecule has 0 fully saturated rings. The van der Waals surface area contributed by atoms with Crippen LogP contribution in [0, 0.1) is 11.3 Å². The van der Waals surface area contributed by atoms with Crippen LogP contribution in [0.3, 0.4) is 0 Å². The van der Waals surface area contributed by atoms with Gasteiger partial charge in [-0.3, -0.25) is 4.79 Å². The lowest BCUT2D eigenvalue weighted by Gasteiger charge is -2.37. The van der Waals surface area contributed by atoms with Crippen LogP contribution in [-0.4, -0.2) is 28.4 Å². The summed E-state index contributed by atoms with van der Waals surface area (Å²) in [6.45, 7) is 8.60. The molecule has 0 saturated carbocycles. The number of allylic oxidation sites excluding steroid dienone is 2. The van der Waals surface area contributed by atoms with Crippen molar-refractivity contribution in [1.82, 2.24) is 9.88 Å². The lowest BCUT2D eigenvalue weighted by molar-refractivity contribution is -0.128. The van der Waals surface area contributed by atoms with Gasteiger partial charge in [-0.05, 0) is 37.0 Å². The van der Waals surface area contributed by atoms with Gasteiger partial charge >= 0.3 is 0 Å². The molecule has 0 radical (unpaired) electrons. The highest BCUT2D eigenvalue weighted by Crippen LogP contribution is 2.30. The average Bonchev–Trinajstić information content (AvgIpc) is 3.14. The number of carbonyl (C=O) groups is 1. The van der Waals surface area contributed by atoms with Crippen molar-refractivity contribution in [2.45, 2.75) is 39.2 Å². The lowest BCUT2D eigenvalue weighted by Crippen LogP contribution is -2.45. The first kappa shape index (κ1) is 18.9. The first-order valence-electron chi connectivity index (χ1n) is 8.46. The van der Waals surface area contributed by atoms with Crippen LogP contribution in [0.15, 0.2) is 53.1 Å². The molecule has 0 saturated heterocycles. The summed E-state index contributed by atoms with van der Waals surface area (Å²) in [7, 11) is 0. The van der Waals surface area contributed by atoms with E-state index >= 15 is 0 Å². The normalized spacial score (nSPS) is 18.5. The van der Waals surface area contributed by atoms with E-state index in [4.69, 9.17) is 0 Å². The Hall–Kier alpha value is -2.45. The van der Waals surface area contributed by atoms with E-state index in [1.807, 2.05) is 29.4 Å². The second-order valence-electron chi connectivity index (χ2n) is 5.78. The van der Waals surface area contributed by atoms with Crippen molar-refractivity contribution < 1.29 is 4.79 Å². The number of nitriles is 1. The maximum absolute atomic E-state index is 13.0. The van der Waals surface area contributed by atoms with Gasteiger partial charge in [-0.15, -0.1) is 11.3 Å². The van der Waals surface area contributed by atoms with Gasteiger partial charge in [0.15, 0.2) is 0 Å². The quantitative estimate of drug-likeness (QED) is 0.558. The predicted molar refractivity (Wildman–Crippen MR) is 103 cm³/mol. The molecule has 25 heavy (non-hydrogen) atoms. The number of hydrogen-bond donors (Lipinski definition) is 0. The van der Waals surface area contributed by atoms with Crippen LogP contribution < -0.4 is 0 Å². The molecule has 2 heterocycles. The van der Waals surface area contributed by atoms with E-state index in [1.54, 1.807) is 12.3 Å². The number of carbonyl (C=O) groups excluding carboxylic acids is 1. The Bertz CT molecular complexity index is 750. The first-order chi connectivity index (χ1) is 12.2. The SMILES string of the molecule is C=CC1=C(/C=C\C)C(CCC)N(C(=O)/C(C#N)=C/c2nccs2)CC1. The summed E-state index contributed by atoms with van der Waals surface area (Å²) in [4.78, 5) is 19.0. The molecular formula is C20H23N3OS. The molecule has 0 spiro atoms. The zero-order valence-electron chi connectivity index (χ0n) is 14.7. The monoisotopic (exact) mass is 353 g/mol. The molecule has 0 bridgehead atoms. The van der Waals surface area contributed by atoms with E-state index in [0.29, 0.717) is 11.6 Å². The van der Waals surface area contributed by atoms with E-state index in [2.05, 4.69) is 30.6 Å². The minimum atomic E-state index is -0.221. The third kappa shape index (κ3) is 4.34. The first-order valence-corrected chi connectivity index (χ1v) is 9.34. The van der Waals surface area contributed by atoms with Crippen LogP contribution in [-0.2, 0) is 4.79 Å². The number of thiazole rings is 1. The fourth-order valence-electron chi connectivity index (χ4n) is 3.09. The van der Waals surface area contributed by atoms with Gasteiger partial charge in [0.2, 0.25) is 0 Å². The van der Waals surface area contributed by atoms with E-state index in [0.717, 1.165) is 24.8 Å². The van der Waals surface area contributed by atoms with E-state index < -0.39 is 0 Å². The minimum Gasteiger partial charge on any atom is -0.331 e. The largest absolute Gasteiger partial charge is 0.331 e. The summed E-state index contributed by atoms with van der Waals surface area (Å²) in [5, 5.41) is 12.0. The third-order valence-electron chi connectivity index (χ3n) is 4.21. The minimum absolute atomic E-state index is 0.0245. The highest BCUT2D eigenvalue weighted by molar-refractivity contribution is 7.10. The van der Waals surface area contributed by atoms with Gasteiger partial charge in [0.1, 0.15) is 16.6 Å². The van der Waals surface area contributed by atoms with E-state index in [1.165, 1.54) is 16.9 Å². The van der Waals surface area contributed by atoms with Gasteiger partial charge in [0.25, 0.3) is 5.91 Å². The zero-order chi connectivity index (χ0) is 18.2. The molecule has 130 valence electrons. The third-order valence-corrected chi connectivity index (χ3v) is 4.94. The van der Waals surface area contributed by atoms with Gasteiger partial charge in [-0.2, -0.15) is 5.26 Å². The number of amides is 1. The zero-order valence-corrected chi connectivity index (χ0v) is 15.6. The summed E-state index contributed by atoms with van der Waals surface area (Å²) in [6, 6.07) is 2.03. The topological polar surface area (TPSA) is 57.0 Å². The summed E-state index contributed by atoms with van der Waals surface area (Å²) in [6.07, 6.45) is 11.8. The fraction of sp³-hybridized carbons (Fsp3) is 0.350. The van der Waals surface area contributed by atoms with E-state index in [-0.39, 0.29) is 17.5 Å². The van der Waals surface area contributed by atoms with Gasteiger partial charge in [-0.1, -0.05) is 38.2 Å². The lowest BCUT2D eigenvalue weighted by atomic mass is 9.89. The molecule has 1 unspecified atom stereocenters. The molecule has 1 amide bonds. The number of rotatable bonds is 6. The Kier molecular flexibility index (Phi) is 6.91. The molecule has 0 N–H and O–H groups in total. The summed E-state index contributed by atoms with van der Waals surface area (Å²) < 4.78 is 0. The number of aromatic nitrogens is 1. The van der Waals surface area contributed by atoms with Crippen LogP contribution >= 0.6 is 11.3 Å². The van der Waals surface area contributed by atoms with Crippen LogP contribution in [0.1, 0.15) is 38.1 Å². The summed E-state index contributed by atoms with van der Waals surface area (Å²) in [5.74, 6) is -0.221. The smallest absolute Gasteiger partial charge is 0.265 e. The van der Waals surface area contributed by atoms with Gasteiger partial charge < -0.3 is 4.90 Å². The van der Waals surface area contributed by atoms with Crippen molar-refractivity contribution >= 4 is 23.3 Å². The molecule has 4 nitrogen and oxygen atoms in total. The van der Waals surface area contributed by atoms with Gasteiger partial charge in [-0.25, -0.2) is 4.98 Å². The summed E-state index contributed by atoms with van der Waals surface area (Å²) >= 11 is 1.41. The van der Waals surface area contributed by atoms with Crippen LogP contribution in [0.5, 0.6) is 0 Å². The Morgan fingerprint density at radius 2 is 2.40 bits per heavy atom. The van der Waals surface area contributed by atoms with Crippen LogP contribution in [0.2, 0.25) is 0 Å². The van der Waals surface area contributed by atoms with E-state index in [9.17, 15) is 10.1 Å². The molecule has 0 aromatic carbocycles. The average molecular weight is 353 g/mol. The molecule has 1 atom stereocenters.